The molecule has 0 spiro atoms. The number of pyridine rings is 1. The quantitative estimate of drug-likeness (QED) is 0.905. The third kappa shape index (κ3) is 3.80. The van der Waals surface area contributed by atoms with E-state index in [-0.39, 0.29) is 6.03 Å². The standard InChI is InChI=1S/C16H22N6O/c1-12-9-15(21(2)20-12)19-16(23)18-11-13-5-6-17-14(10-13)22-7-3-4-8-22/h5-6,9-10H,3-4,7-8,11H2,1-2H3,(H2,18,19,23). The number of amides is 2. The van der Waals surface area contributed by atoms with Crippen molar-refractivity contribution in [3.8, 4) is 0 Å². The summed E-state index contributed by atoms with van der Waals surface area (Å²) in [7, 11) is 1.80. The van der Waals surface area contributed by atoms with Crippen molar-refractivity contribution in [3.05, 3.63) is 35.7 Å². The van der Waals surface area contributed by atoms with Crippen LogP contribution >= 0.6 is 0 Å². The highest BCUT2D eigenvalue weighted by Gasteiger charge is 2.13. The van der Waals surface area contributed by atoms with Gasteiger partial charge in [0.1, 0.15) is 11.6 Å². The highest BCUT2D eigenvalue weighted by Crippen LogP contribution is 2.18. The number of aromatic nitrogens is 3. The van der Waals surface area contributed by atoms with Crippen LogP contribution in [0.5, 0.6) is 0 Å². The summed E-state index contributed by atoms with van der Waals surface area (Å²) in [6, 6.07) is 5.55. The lowest BCUT2D eigenvalue weighted by atomic mass is 10.2. The molecule has 1 saturated heterocycles. The molecule has 3 rings (SSSR count). The van der Waals surface area contributed by atoms with Gasteiger partial charge in [-0.3, -0.25) is 10.00 Å². The Labute approximate surface area is 135 Å². The van der Waals surface area contributed by atoms with Gasteiger partial charge < -0.3 is 10.2 Å². The summed E-state index contributed by atoms with van der Waals surface area (Å²) in [5.74, 6) is 1.66. The summed E-state index contributed by atoms with van der Waals surface area (Å²) in [5.41, 5.74) is 1.91. The third-order valence-electron chi connectivity index (χ3n) is 3.94. The molecule has 1 fully saturated rings. The number of nitrogens with zero attached hydrogens (tertiary/aromatic N) is 4. The molecule has 7 heteroatoms. The van der Waals surface area contributed by atoms with Gasteiger partial charge in [0, 0.05) is 38.9 Å². The van der Waals surface area contributed by atoms with Gasteiger partial charge in [0.15, 0.2) is 0 Å². The molecule has 122 valence electrons. The summed E-state index contributed by atoms with van der Waals surface area (Å²) in [6.07, 6.45) is 4.24. The molecule has 2 N–H and O–H groups in total. The highest BCUT2D eigenvalue weighted by molar-refractivity contribution is 5.88. The molecule has 2 amide bonds. The normalized spacial score (nSPS) is 14.1. The summed E-state index contributed by atoms with van der Waals surface area (Å²) in [6.45, 7) is 4.47. The van der Waals surface area contributed by atoms with Crippen molar-refractivity contribution in [1.82, 2.24) is 20.1 Å². The van der Waals surface area contributed by atoms with Crippen molar-refractivity contribution in [2.45, 2.75) is 26.3 Å². The molecule has 7 nitrogen and oxygen atoms in total. The van der Waals surface area contributed by atoms with E-state index in [1.165, 1.54) is 12.8 Å². The molecule has 1 aliphatic rings. The zero-order valence-corrected chi connectivity index (χ0v) is 13.5. The summed E-state index contributed by atoms with van der Waals surface area (Å²) < 4.78 is 1.65. The second-order valence-electron chi connectivity index (χ2n) is 5.82. The predicted octanol–water partition coefficient (Wildman–Crippen LogP) is 2.05. The zero-order chi connectivity index (χ0) is 16.2. The Morgan fingerprint density at radius 3 is 2.78 bits per heavy atom. The van der Waals surface area contributed by atoms with Crippen molar-refractivity contribution >= 4 is 17.7 Å². The van der Waals surface area contributed by atoms with Crippen LogP contribution in [0.4, 0.5) is 16.4 Å². The van der Waals surface area contributed by atoms with Crippen LogP contribution in [0.25, 0.3) is 0 Å². The number of aryl methyl sites for hydroxylation is 2. The first-order chi connectivity index (χ1) is 11.1. The Bertz CT molecular complexity index is 690. The maximum atomic E-state index is 12.0. The van der Waals surface area contributed by atoms with Gasteiger partial charge in [0.2, 0.25) is 0 Å². The molecule has 3 heterocycles. The second-order valence-corrected chi connectivity index (χ2v) is 5.82. The Kier molecular flexibility index (Phi) is 4.45. The van der Waals surface area contributed by atoms with E-state index >= 15 is 0 Å². The number of hydrogen-bond donors (Lipinski definition) is 2. The van der Waals surface area contributed by atoms with E-state index in [2.05, 4.69) is 25.6 Å². The molecular formula is C16H22N6O. The van der Waals surface area contributed by atoms with Gasteiger partial charge in [-0.25, -0.2) is 9.78 Å². The molecule has 0 aromatic carbocycles. The fourth-order valence-electron chi connectivity index (χ4n) is 2.76. The molecule has 2 aromatic rings. The first kappa shape index (κ1) is 15.3. The average molecular weight is 314 g/mol. The van der Waals surface area contributed by atoms with Crippen LogP contribution in [0.3, 0.4) is 0 Å². The smallest absolute Gasteiger partial charge is 0.320 e. The van der Waals surface area contributed by atoms with Crippen LogP contribution in [0.15, 0.2) is 24.4 Å². The molecule has 0 radical (unpaired) electrons. The van der Waals surface area contributed by atoms with E-state index in [0.29, 0.717) is 12.4 Å². The van der Waals surface area contributed by atoms with E-state index < -0.39 is 0 Å². The van der Waals surface area contributed by atoms with Crippen LogP contribution in [0.1, 0.15) is 24.1 Å². The molecule has 0 unspecified atom stereocenters. The van der Waals surface area contributed by atoms with Gasteiger partial charge in [-0.15, -0.1) is 0 Å². The van der Waals surface area contributed by atoms with E-state index in [4.69, 9.17) is 0 Å². The number of rotatable bonds is 4. The minimum absolute atomic E-state index is 0.243. The van der Waals surface area contributed by atoms with Crippen molar-refractivity contribution < 1.29 is 4.79 Å². The number of carbonyl (C=O) groups is 1. The van der Waals surface area contributed by atoms with Crippen LogP contribution in [-0.4, -0.2) is 33.9 Å². The molecule has 0 saturated carbocycles. The Morgan fingerprint density at radius 2 is 2.09 bits per heavy atom. The largest absolute Gasteiger partial charge is 0.357 e. The fourth-order valence-corrected chi connectivity index (χ4v) is 2.76. The highest BCUT2D eigenvalue weighted by atomic mass is 16.2. The van der Waals surface area contributed by atoms with Gasteiger partial charge in [-0.1, -0.05) is 0 Å². The first-order valence-electron chi connectivity index (χ1n) is 7.87. The van der Waals surface area contributed by atoms with Gasteiger partial charge in [0.25, 0.3) is 0 Å². The monoisotopic (exact) mass is 314 g/mol. The number of nitrogens with one attached hydrogen (secondary N) is 2. The molecule has 2 aromatic heterocycles. The number of anilines is 2. The van der Waals surface area contributed by atoms with Crippen LogP contribution in [0.2, 0.25) is 0 Å². The van der Waals surface area contributed by atoms with E-state index in [9.17, 15) is 4.79 Å². The van der Waals surface area contributed by atoms with Gasteiger partial charge in [-0.05, 0) is 37.5 Å². The Hall–Kier alpha value is -2.57. The summed E-state index contributed by atoms with van der Waals surface area (Å²) >= 11 is 0. The van der Waals surface area contributed by atoms with Crippen molar-refractivity contribution in [2.75, 3.05) is 23.3 Å². The number of hydrogen-bond acceptors (Lipinski definition) is 4. The van der Waals surface area contributed by atoms with Crippen LogP contribution < -0.4 is 15.5 Å². The van der Waals surface area contributed by atoms with Gasteiger partial charge >= 0.3 is 6.03 Å². The SMILES string of the molecule is Cc1cc(NC(=O)NCc2ccnc(N3CCCC3)c2)n(C)n1. The summed E-state index contributed by atoms with van der Waals surface area (Å²) in [5, 5.41) is 9.86. The number of carbonyl (C=O) groups excluding carboxylic acids is 1. The molecule has 0 bridgehead atoms. The summed E-state index contributed by atoms with van der Waals surface area (Å²) in [4.78, 5) is 18.7. The topological polar surface area (TPSA) is 75.1 Å². The maximum absolute atomic E-state index is 12.0. The van der Waals surface area contributed by atoms with Crippen molar-refractivity contribution in [1.29, 1.82) is 0 Å². The number of urea groups is 1. The molecule has 0 aliphatic carbocycles. The molecule has 23 heavy (non-hydrogen) atoms. The molecule has 1 aliphatic heterocycles. The van der Waals surface area contributed by atoms with Crippen LogP contribution in [-0.2, 0) is 13.6 Å². The maximum Gasteiger partial charge on any atom is 0.320 e. The van der Waals surface area contributed by atoms with E-state index in [0.717, 1.165) is 30.2 Å². The lowest BCUT2D eigenvalue weighted by Crippen LogP contribution is -2.29. The predicted molar refractivity (Wildman–Crippen MR) is 89.5 cm³/mol. The van der Waals surface area contributed by atoms with E-state index in [1.807, 2.05) is 25.1 Å². The Balaban J connectivity index is 1.56. The van der Waals surface area contributed by atoms with Crippen molar-refractivity contribution in [3.63, 3.8) is 0 Å². The zero-order valence-electron chi connectivity index (χ0n) is 13.5. The van der Waals surface area contributed by atoms with Crippen molar-refractivity contribution in [2.24, 2.45) is 7.05 Å². The fraction of sp³-hybridized carbons (Fsp3) is 0.438. The van der Waals surface area contributed by atoms with Gasteiger partial charge in [0.05, 0.1) is 5.69 Å². The first-order valence-corrected chi connectivity index (χ1v) is 7.87. The second kappa shape index (κ2) is 6.68. The third-order valence-corrected chi connectivity index (χ3v) is 3.94. The minimum atomic E-state index is -0.243. The van der Waals surface area contributed by atoms with Gasteiger partial charge in [-0.2, -0.15) is 5.10 Å². The molecular weight excluding hydrogens is 292 g/mol. The lowest BCUT2D eigenvalue weighted by Gasteiger charge is -2.17. The average Bonchev–Trinajstić information content (AvgIpc) is 3.16. The lowest BCUT2D eigenvalue weighted by molar-refractivity contribution is 0.251. The van der Waals surface area contributed by atoms with E-state index in [1.54, 1.807) is 17.9 Å². The van der Waals surface area contributed by atoms with Crippen LogP contribution in [0, 0.1) is 6.92 Å². The molecule has 0 atom stereocenters. The Morgan fingerprint density at radius 1 is 1.30 bits per heavy atom. The minimum Gasteiger partial charge on any atom is -0.357 e.